The van der Waals surface area contributed by atoms with E-state index in [9.17, 15) is 9.59 Å². The molecule has 0 atom stereocenters. The van der Waals surface area contributed by atoms with Gasteiger partial charge in [0, 0.05) is 18.7 Å². The fourth-order valence-electron chi connectivity index (χ4n) is 3.52. The van der Waals surface area contributed by atoms with E-state index in [1.807, 2.05) is 12.1 Å². The average Bonchev–Trinajstić information content (AvgIpc) is 2.78. The molecule has 1 rings (SSSR count). The van der Waals surface area contributed by atoms with E-state index in [1.165, 1.54) is 84.8 Å². The molecule has 0 aromatic heterocycles. The quantitative estimate of drug-likeness (QED) is 0.217. The van der Waals surface area contributed by atoms with Crippen LogP contribution in [0.5, 0.6) is 0 Å². The third-order valence-electron chi connectivity index (χ3n) is 5.42. The van der Waals surface area contributed by atoms with Crippen LogP contribution >= 0.6 is 0 Å². The minimum absolute atomic E-state index is 0.0852. The zero-order chi connectivity index (χ0) is 21.9. The topological polar surface area (TPSA) is 64.6 Å². The molecule has 0 bridgehead atoms. The summed E-state index contributed by atoms with van der Waals surface area (Å²) in [5.74, 6) is -0.382. The number of carbonyl (C=O) groups excluding carboxylic acids is 2. The van der Waals surface area contributed by atoms with Crippen molar-refractivity contribution in [2.45, 2.75) is 89.9 Å². The number of methoxy groups -OCH3 is 2. The second kappa shape index (κ2) is 17.8. The van der Waals surface area contributed by atoms with Gasteiger partial charge in [-0.15, -0.1) is 0 Å². The van der Waals surface area contributed by atoms with Gasteiger partial charge in [0.1, 0.15) is 0 Å². The minimum Gasteiger partial charge on any atom is -0.469 e. The first-order valence-electron chi connectivity index (χ1n) is 11.7. The highest BCUT2D eigenvalue weighted by molar-refractivity contribution is 5.89. The van der Waals surface area contributed by atoms with Crippen LogP contribution in [0.15, 0.2) is 24.3 Å². The second-order valence-corrected chi connectivity index (χ2v) is 7.92. The molecular formula is C25H41NO4. The summed E-state index contributed by atoms with van der Waals surface area (Å²) in [5.41, 5.74) is 1.63. The Labute approximate surface area is 182 Å². The fraction of sp³-hybridized carbons (Fsp3) is 0.680. The molecule has 170 valence electrons. The van der Waals surface area contributed by atoms with Crippen molar-refractivity contribution < 1.29 is 19.1 Å². The molecule has 0 fully saturated rings. The number of unbranched alkanes of at least 4 members (excludes halogenated alkanes) is 12. The summed E-state index contributed by atoms with van der Waals surface area (Å²) in [7, 11) is 2.85. The van der Waals surface area contributed by atoms with E-state index in [4.69, 9.17) is 4.74 Å². The number of ether oxygens (including phenoxy) is 2. The Bertz CT molecular complexity index is 571. The highest BCUT2D eigenvalue weighted by atomic mass is 16.5. The molecule has 1 aromatic carbocycles. The second-order valence-electron chi connectivity index (χ2n) is 7.92. The summed E-state index contributed by atoms with van der Waals surface area (Å²) in [6.45, 7) is 0.969. The highest BCUT2D eigenvalue weighted by Crippen LogP contribution is 2.14. The van der Waals surface area contributed by atoms with Gasteiger partial charge in [0.05, 0.1) is 19.8 Å². The van der Waals surface area contributed by atoms with Crippen molar-refractivity contribution in [3.05, 3.63) is 29.8 Å². The van der Waals surface area contributed by atoms with Gasteiger partial charge < -0.3 is 14.8 Å². The molecule has 0 amide bonds. The average molecular weight is 420 g/mol. The summed E-state index contributed by atoms with van der Waals surface area (Å²) in [4.78, 5) is 22.4. The molecule has 0 aliphatic rings. The van der Waals surface area contributed by atoms with E-state index in [2.05, 4.69) is 10.1 Å². The lowest BCUT2D eigenvalue weighted by Crippen LogP contribution is -2.03. The molecule has 0 heterocycles. The van der Waals surface area contributed by atoms with Crippen LogP contribution in [-0.2, 0) is 14.3 Å². The lowest BCUT2D eigenvalue weighted by molar-refractivity contribution is -0.140. The van der Waals surface area contributed by atoms with Crippen molar-refractivity contribution in [2.24, 2.45) is 0 Å². The van der Waals surface area contributed by atoms with Crippen LogP contribution in [0.2, 0.25) is 0 Å². The molecular weight excluding hydrogens is 378 g/mol. The maximum Gasteiger partial charge on any atom is 0.337 e. The van der Waals surface area contributed by atoms with Crippen LogP contribution in [0.1, 0.15) is 100 Å². The maximum absolute atomic E-state index is 11.4. The van der Waals surface area contributed by atoms with Gasteiger partial charge in [-0.3, -0.25) is 4.79 Å². The predicted molar refractivity (Wildman–Crippen MR) is 123 cm³/mol. The molecule has 0 aliphatic heterocycles. The SMILES string of the molecule is COC(=O)CCCCCCCCCCCCCCCNc1ccc(C(=O)OC)cc1. The van der Waals surface area contributed by atoms with E-state index in [-0.39, 0.29) is 11.9 Å². The first kappa shape index (κ1) is 26.0. The molecule has 5 nitrogen and oxygen atoms in total. The molecule has 30 heavy (non-hydrogen) atoms. The van der Waals surface area contributed by atoms with Crippen LogP contribution in [-0.4, -0.2) is 32.7 Å². The van der Waals surface area contributed by atoms with Crippen LogP contribution in [0.4, 0.5) is 5.69 Å². The van der Waals surface area contributed by atoms with Gasteiger partial charge in [0.25, 0.3) is 0 Å². The zero-order valence-corrected chi connectivity index (χ0v) is 19.0. The standard InChI is InChI=1S/C25H41NO4/c1-29-24(27)16-14-12-10-8-6-4-3-5-7-9-11-13-15-21-26-23-19-17-22(18-20-23)25(28)30-2/h17-20,26H,3-16,21H2,1-2H3. The van der Waals surface area contributed by atoms with E-state index in [0.29, 0.717) is 12.0 Å². The lowest BCUT2D eigenvalue weighted by Gasteiger charge is -2.07. The van der Waals surface area contributed by atoms with E-state index >= 15 is 0 Å². The number of esters is 2. The number of carbonyl (C=O) groups is 2. The van der Waals surface area contributed by atoms with Crippen molar-refractivity contribution in [3.63, 3.8) is 0 Å². The largest absolute Gasteiger partial charge is 0.469 e. The summed E-state index contributed by atoms with van der Waals surface area (Å²) < 4.78 is 9.35. The molecule has 1 aromatic rings. The summed E-state index contributed by atoms with van der Waals surface area (Å²) >= 11 is 0. The Balaban J connectivity index is 1.82. The summed E-state index contributed by atoms with van der Waals surface area (Å²) in [5, 5.41) is 3.41. The zero-order valence-electron chi connectivity index (χ0n) is 19.0. The Morgan fingerprint density at radius 2 is 1.13 bits per heavy atom. The van der Waals surface area contributed by atoms with Gasteiger partial charge in [0.2, 0.25) is 0 Å². The van der Waals surface area contributed by atoms with Crippen molar-refractivity contribution >= 4 is 17.6 Å². The Kier molecular flexibility index (Phi) is 15.4. The molecule has 0 spiro atoms. The monoisotopic (exact) mass is 419 g/mol. The number of hydrogen-bond acceptors (Lipinski definition) is 5. The van der Waals surface area contributed by atoms with Crippen molar-refractivity contribution in [3.8, 4) is 0 Å². The van der Waals surface area contributed by atoms with Gasteiger partial charge in [-0.05, 0) is 37.1 Å². The first-order chi connectivity index (χ1) is 14.7. The van der Waals surface area contributed by atoms with Crippen molar-refractivity contribution in [2.75, 3.05) is 26.1 Å². The number of benzene rings is 1. The van der Waals surface area contributed by atoms with Crippen molar-refractivity contribution in [1.29, 1.82) is 0 Å². The van der Waals surface area contributed by atoms with Gasteiger partial charge in [-0.25, -0.2) is 4.79 Å². The van der Waals surface area contributed by atoms with Crippen LogP contribution < -0.4 is 5.32 Å². The normalized spacial score (nSPS) is 10.6. The van der Waals surface area contributed by atoms with Crippen LogP contribution in [0.3, 0.4) is 0 Å². The lowest BCUT2D eigenvalue weighted by atomic mass is 10.0. The van der Waals surface area contributed by atoms with Crippen molar-refractivity contribution in [1.82, 2.24) is 0 Å². The maximum atomic E-state index is 11.4. The number of nitrogens with one attached hydrogen (secondary N) is 1. The molecule has 1 N–H and O–H groups in total. The van der Waals surface area contributed by atoms with Gasteiger partial charge in [-0.1, -0.05) is 70.6 Å². The first-order valence-corrected chi connectivity index (χ1v) is 11.7. The Hall–Kier alpha value is -2.04. The summed E-state index contributed by atoms with van der Waals surface area (Å²) in [6.07, 6.45) is 17.0. The third kappa shape index (κ3) is 13.2. The van der Waals surface area contributed by atoms with Crippen LogP contribution in [0, 0.1) is 0 Å². The Morgan fingerprint density at radius 1 is 0.667 bits per heavy atom. The van der Waals surface area contributed by atoms with E-state index < -0.39 is 0 Å². The van der Waals surface area contributed by atoms with Gasteiger partial charge in [0.15, 0.2) is 0 Å². The highest BCUT2D eigenvalue weighted by Gasteiger charge is 2.03. The number of anilines is 1. The molecule has 0 saturated carbocycles. The molecule has 0 saturated heterocycles. The minimum atomic E-state index is -0.297. The number of rotatable bonds is 18. The predicted octanol–water partition coefficient (Wildman–Crippen LogP) is 6.52. The number of hydrogen-bond donors (Lipinski definition) is 1. The fourth-order valence-corrected chi connectivity index (χ4v) is 3.52. The Morgan fingerprint density at radius 3 is 1.60 bits per heavy atom. The van der Waals surface area contributed by atoms with Gasteiger partial charge in [-0.2, -0.15) is 0 Å². The molecule has 5 heteroatoms. The third-order valence-corrected chi connectivity index (χ3v) is 5.42. The molecule has 0 radical (unpaired) electrons. The summed E-state index contributed by atoms with van der Waals surface area (Å²) in [6, 6.07) is 7.43. The molecule has 0 aliphatic carbocycles. The van der Waals surface area contributed by atoms with E-state index in [1.54, 1.807) is 12.1 Å². The molecule has 0 unspecified atom stereocenters. The van der Waals surface area contributed by atoms with Gasteiger partial charge >= 0.3 is 11.9 Å². The smallest absolute Gasteiger partial charge is 0.337 e. The van der Waals surface area contributed by atoms with Crippen LogP contribution in [0.25, 0.3) is 0 Å². The van der Waals surface area contributed by atoms with E-state index in [0.717, 1.165) is 25.1 Å².